The van der Waals surface area contributed by atoms with Crippen LogP contribution in [0.2, 0.25) is 0 Å². The van der Waals surface area contributed by atoms with E-state index < -0.39 is 0 Å². The van der Waals surface area contributed by atoms with Gasteiger partial charge in [0.05, 0.1) is 10.7 Å². The third-order valence-corrected chi connectivity index (χ3v) is 5.56. The van der Waals surface area contributed by atoms with Gasteiger partial charge in [-0.2, -0.15) is 0 Å². The van der Waals surface area contributed by atoms with Crippen molar-refractivity contribution in [3.8, 4) is 0 Å². The number of carbonyl (C=O) groups is 1. The van der Waals surface area contributed by atoms with Crippen molar-refractivity contribution in [3.05, 3.63) is 52.0 Å². The van der Waals surface area contributed by atoms with Crippen LogP contribution in [0.15, 0.2) is 35.7 Å². The number of hydrogen-bond acceptors (Lipinski definition) is 5. The van der Waals surface area contributed by atoms with E-state index in [0.29, 0.717) is 6.54 Å². The number of nitrogens with zero attached hydrogens (tertiary/aromatic N) is 2. The largest absolute Gasteiger partial charge is 0.354 e. The van der Waals surface area contributed by atoms with Gasteiger partial charge in [0.25, 0.3) is 0 Å². The molecule has 1 aromatic carbocycles. The second kappa shape index (κ2) is 8.56. The minimum atomic E-state index is -0.154. The quantitative estimate of drug-likeness (QED) is 0.832. The topological polar surface area (TPSA) is 71.2 Å². The number of thiazole rings is 1. The van der Waals surface area contributed by atoms with E-state index in [2.05, 4.69) is 20.6 Å². The fourth-order valence-corrected chi connectivity index (χ4v) is 3.84. The second-order valence-electron chi connectivity index (χ2n) is 6.67. The third kappa shape index (κ3) is 5.11. The molecular weight excluding hydrogens is 332 g/mol. The number of carbonyl (C=O) groups excluding carboxylic acids is 1. The van der Waals surface area contributed by atoms with Gasteiger partial charge in [-0.1, -0.05) is 30.3 Å². The molecule has 1 atom stereocenters. The monoisotopic (exact) mass is 358 g/mol. The number of nitrogens with one attached hydrogen (secondary N) is 1. The van der Waals surface area contributed by atoms with Crippen LogP contribution in [0.5, 0.6) is 0 Å². The van der Waals surface area contributed by atoms with Crippen LogP contribution < -0.4 is 11.1 Å². The lowest BCUT2D eigenvalue weighted by molar-refractivity contribution is -0.126. The van der Waals surface area contributed by atoms with E-state index in [1.807, 2.05) is 37.3 Å². The lowest BCUT2D eigenvalue weighted by Crippen LogP contribution is -2.42. The van der Waals surface area contributed by atoms with Crippen molar-refractivity contribution in [2.24, 2.45) is 11.7 Å². The van der Waals surface area contributed by atoms with E-state index in [-0.39, 0.29) is 17.9 Å². The van der Waals surface area contributed by atoms with E-state index in [1.165, 1.54) is 0 Å². The number of hydrogen-bond donors (Lipinski definition) is 2. The molecule has 5 nitrogen and oxygen atoms in total. The molecule has 25 heavy (non-hydrogen) atoms. The van der Waals surface area contributed by atoms with Gasteiger partial charge >= 0.3 is 0 Å². The Morgan fingerprint density at radius 2 is 2.08 bits per heavy atom. The van der Waals surface area contributed by atoms with Crippen LogP contribution in [0.25, 0.3) is 0 Å². The number of likely N-dealkylation sites (tertiary alicyclic amines) is 1. The zero-order chi connectivity index (χ0) is 17.6. The van der Waals surface area contributed by atoms with E-state index in [9.17, 15) is 4.79 Å². The van der Waals surface area contributed by atoms with Crippen LogP contribution in [0, 0.1) is 12.8 Å². The Morgan fingerprint density at radius 1 is 1.36 bits per heavy atom. The molecule has 1 aliphatic heterocycles. The number of aryl methyl sites for hydroxylation is 1. The van der Waals surface area contributed by atoms with Crippen LogP contribution in [0.1, 0.15) is 35.1 Å². The molecule has 0 aliphatic carbocycles. The van der Waals surface area contributed by atoms with Crippen molar-refractivity contribution in [1.82, 2.24) is 15.2 Å². The number of amides is 1. The zero-order valence-electron chi connectivity index (χ0n) is 14.6. The van der Waals surface area contributed by atoms with Gasteiger partial charge in [0.2, 0.25) is 5.91 Å². The van der Waals surface area contributed by atoms with Crippen LogP contribution >= 0.6 is 11.3 Å². The molecule has 2 aromatic rings. The van der Waals surface area contributed by atoms with Gasteiger partial charge in [0.1, 0.15) is 0 Å². The molecule has 134 valence electrons. The summed E-state index contributed by atoms with van der Waals surface area (Å²) in [5.74, 6) is 0.229. The first kappa shape index (κ1) is 18.0. The maximum absolute atomic E-state index is 12.4. The highest BCUT2D eigenvalue weighted by molar-refractivity contribution is 7.09. The first-order chi connectivity index (χ1) is 12.1. The highest BCUT2D eigenvalue weighted by Crippen LogP contribution is 2.20. The highest BCUT2D eigenvalue weighted by atomic mass is 32.1. The molecule has 1 saturated heterocycles. The van der Waals surface area contributed by atoms with Crippen LogP contribution in [0.3, 0.4) is 0 Å². The maximum atomic E-state index is 12.4. The lowest BCUT2D eigenvalue weighted by Gasteiger charge is -2.31. The smallest absolute Gasteiger partial charge is 0.223 e. The summed E-state index contributed by atoms with van der Waals surface area (Å²) in [6.07, 6.45) is 1.80. The van der Waals surface area contributed by atoms with Gasteiger partial charge < -0.3 is 11.1 Å². The van der Waals surface area contributed by atoms with Crippen molar-refractivity contribution in [1.29, 1.82) is 0 Å². The second-order valence-corrected chi connectivity index (χ2v) is 7.73. The van der Waals surface area contributed by atoms with Gasteiger partial charge in [0.15, 0.2) is 0 Å². The van der Waals surface area contributed by atoms with E-state index in [1.54, 1.807) is 11.3 Å². The first-order valence-corrected chi connectivity index (χ1v) is 9.71. The number of benzene rings is 1. The molecule has 1 fully saturated rings. The van der Waals surface area contributed by atoms with Gasteiger partial charge in [0, 0.05) is 30.4 Å². The molecule has 1 aliphatic rings. The van der Waals surface area contributed by atoms with Crippen molar-refractivity contribution in [2.45, 2.75) is 32.4 Å². The molecule has 6 heteroatoms. The summed E-state index contributed by atoms with van der Waals surface area (Å²) in [5, 5.41) is 6.26. The molecule has 0 bridgehead atoms. The highest BCUT2D eigenvalue weighted by Gasteiger charge is 2.25. The van der Waals surface area contributed by atoms with Crippen LogP contribution in [0.4, 0.5) is 0 Å². The van der Waals surface area contributed by atoms with Crippen molar-refractivity contribution >= 4 is 17.2 Å². The van der Waals surface area contributed by atoms with E-state index in [4.69, 9.17) is 5.73 Å². The van der Waals surface area contributed by atoms with Crippen molar-refractivity contribution in [2.75, 3.05) is 19.6 Å². The normalized spacial score (nSPS) is 17.4. The van der Waals surface area contributed by atoms with Crippen molar-refractivity contribution in [3.63, 3.8) is 0 Å². The molecule has 0 saturated carbocycles. The molecule has 3 N–H and O–H groups in total. The molecular formula is C19H26N4OS. The average Bonchev–Trinajstić information content (AvgIpc) is 3.05. The molecule has 1 unspecified atom stereocenters. The fourth-order valence-electron chi connectivity index (χ4n) is 3.24. The van der Waals surface area contributed by atoms with Crippen LogP contribution in [-0.2, 0) is 11.3 Å². The Morgan fingerprint density at radius 3 is 2.72 bits per heavy atom. The average molecular weight is 359 g/mol. The number of rotatable bonds is 6. The summed E-state index contributed by atoms with van der Waals surface area (Å²) in [6, 6.07) is 9.74. The van der Waals surface area contributed by atoms with Crippen LogP contribution in [-0.4, -0.2) is 35.4 Å². The molecule has 0 radical (unpaired) electrons. The Balaban J connectivity index is 1.41. The molecule has 0 spiro atoms. The van der Waals surface area contributed by atoms with Gasteiger partial charge in [-0.15, -0.1) is 11.3 Å². The minimum Gasteiger partial charge on any atom is -0.354 e. The molecule has 1 aromatic heterocycles. The minimum absolute atomic E-state index is 0.0939. The first-order valence-electron chi connectivity index (χ1n) is 8.83. The Kier molecular flexibility index (Phi) is 6.18. The summed E-state index contributed by atoms with van der Waals surface area (Å²) >= 11 is 1.69. The summed E-state index contributed by atoms with van der Waals surface area (Å²) in [5.41, 5.74) is 8.34. The number of nitrogens with two attached hydrogens (primary N) is 1. The standard InChI is InChI=1S/C19H26N4OS/c1-14-22-17(13-25-14)12-23-9-7-16(8-10-23)19(24)21-11-18(20)15-5-3-2-4-6-15/h2-6,13,16,18H,7-12,20H2,1H3,(H,21,24). The van der Waals surface area contributed by atoms with E-state index >= 15 is 0 Å². The Hall–Kier alpha value is -1.76. The number of aromatic nitrogens is 1. The molecule has 1 amide bonds. The SMILES string of the molecule is Cc1nc(CN2CCC(C(=O)NCC(N)c3ccccc3)CC2)cs1. The van der Waals surface area contributed by atoms with E-state index in [0.717, 1.165) is 48.7 Å². The predicted octanol–water partition coefficient (Wildman–Crippen LogP) is 2.48. The number of piperidine rings is 1. The Bertz CT molecular complexity index is 680. The molecule has 2 heterocycles. The predicted molar refractivity (Wildman–Crippen MR) is 101 cm³/mol. The summed E-state index contributed by atoms with van der Waals surface area (Å²) in [4.78, 5) is 19.3. The van der Waals surface area contributed by atoms with Gasteiger partial charge in [-0.3, -0.25) is 9.69 Å². The lowest BCUT2D eigenvalue weighted by atomic mass is 9.95. The fraction of sp³-hybridized carbons (Fsp3) is 0.474. The van der Waals surface area contributed by atoms with Gasteiger partial charge in [-0.25, -0.2) is 4.98 Å². The Labute approximate surface area is 153 Å². The molecule has 3 rings (SSSR count). The third-order valence-electron chi connectivity index (χ3n) is 4.73. The van der Waals surface area contributed by atoms with Crippen molar-refractivity contribution < 1.29 is 4.79 Å². The van der Waals surface area contributed by atoms with Gasteiger partial charge in [-0.05, 0) is 38.4 Å². The summed E-state index contributed by atoms with van der Waals surface area (Å²) in [7, 11) is 0. The summed E-state index contributed by atoms with van der Waals surface area (Å²) in [6.45, 7) is 5.29. The maximum Gasteiger partial charge on any atom is 0.223 e. The summed E-state index contributed by atoms with van der Waals surface area (Å²) < 4.78 is 0. The zero-order valence-corrected chi connectivity index (χ0v) is 15.5.